The predicted octanol–water partition coefficient (Wildman–Crippen LogP) is 3.07. The first-order valence-electron chi connectivity index (χ1n) is 10.2. The molecule has 1 aliphatic heterocycles. The maximum absolute atomic E-state index is 13.3. The van der Waals surface area contributed by atoms with Gasteiger partial charge in [-0.15, -0.1) is 0 Å². The minimum atomic E-state index is -0.0940. The Kier molecular flexibility index (Phi) is 5.64. The molecule has 0 unspecified atom stereocenters. The van der Waals surface area contributed by atoms with Crippen molar-refractivity contribution < 1.29 is 0 Å². The van der Waals surface area contributed by atoms with Crippen LogP contribution in [0.25, 0.3) is 11.3 Å². The van der Waals surface area contributed by atoms with E-state index < -0.39 is 0 Å². The Labute approximate surface area is 176 Å². The van der Waals surface area contributed by atoms with Crippen LogP contribution in [0.3, 0.4) is 0 Å². The zero-order chi connectivity index (χ0) is 21.1. The fourth-order valence-corrected chi connectivity index (χ4v) is 3.70. The van der Waals surface area contributed by atoms with E-state index in [1.165, 1.54) is 5.56 Å². The molecular weight excluding hydrogens is 374 g/mol. The summed E-state index contributed by atoms with van der Waals surface area (Å²) in [5.41, 5.74) is 10.4. The molecule has 152 valence electrons. The van der Waals surface area contributed by atoms with Crippen LogP contribution in [0, 0.1) is 18.3 Å². The van der Waals surface area contributed by atoms with Crippen molar-refractivity contribution in [2.24, 2.45) is 5.73 Å². The van der Waals surface area contributed by atoms with Crippen LogP contribution >= 0.6 is 0 Å². The monoisotopic (exact) mass is 399 g/mol. The van der Waals surface area contributed by atoms with E-state index in [0.717, 1.165) is 42.8 Å². The lowest BCUT2D eigenvalue weighted by molar-refractivity contribution is 0.496. The highest BCUT2D eigenvalue weighted by molar-refractivity contribution is 5.61. The molecule has 1 saturated heterocycles. The van der Waals surface area contributed by atoms with Gasteiger partial charge in [0.25, 0.3) is 5.56 Å². The first-order valence-corrected chi connectivity index (χ1v) is 10.2. The third-order valence-corrected chi connectivity index (χ3v) is 5.58. The van der Waals surface area contributed by atoms with Crippen molar-refractivity contribution in [1.82, 2.24) is 9.55 Å². The minimum Gasteiger partial charge on any atom is -0.352 e. The Bertz CT molecular complexity index is 1120. The number of aryl methyl sites for hydroxylation is 1. The molecule has 4 rings (SSSR count). The second-order valence-corrected chi connectivity index (χ2v) is 7.88. The van der Waals surface area contributed by atoms with Gasteiger partial charge in [0.2, 0.25) is 0 Å². The molecule has 0 radical (unpaired) electrons. The molecule has 1 fully saturated rings. The molecule has 6 nitrogen and oxygen atoms in total. The van der Waals surface area contributed by atoms with E-state index in [9.17, 15) is 4.79 Å². The fourth-order valence-electron chi connectivity index (χ4n) is 3.70. The summed E-state index contributed by atoms with van der Waals surface area (Å²) in [6.45, 7) is 3.98. The van der Waals surface area contributed by atoms with Crippen LogP contribution in [-0.2, 0) is 6.54 Å². The summed E-state index contributed by atoms with van der Waals surface area (Å²) in [5.74, 6) is 0.468. The van der Waals surface area contributed by atoms with Gasteiger partial charge in [-0.1, -0.05) is 42.0 Å². The molecule has 30 heavy (non-hydrogen) atoms. The molecule has 0 atom stereocenters. The van der Waals surface area contributed by atoms with Crippen LogP contribution in [0.4, 0.5) is 5.82 Å². The van der Waals surface area contributed by atoms with E-state index in [4.69, 9.17) is 16.0 Å². The number of benzene rings is 2. The van der Waals surface area contributed by atoms with Gasteiger partial charge in [0.15, 0.2) is 5.82 Å². The molecule has 0 amide bonds. The van der Waals surface area contributed by atoms with Crippen LogP contribution in [0.15, 0.2) is 59.5 Å². The number of aromatic nitrogens is 2. The van der Waals surface area contributed by atoms with Crippen molar-refractivity contribution in [2.75, 3.05) is 18.0 Å². The van der Waals surface area contributed by atoms with Crippen LogP contribution in [0.5, 0.6) is 0 Å². The van der Waals surface area contributed by atoms with E-state index >= 15 is 0 Å². The number of rotatable bonds is 4. The lowest BCUT2D eigenvalue weighted by Gasteiger charge is -2.31. The van der Waals surface area contributed by atoms with Crippen molar-refractivity contribution in [3.63, 3.8) is 0 Å². The number of hydrogen-bond acceptors (Lipinski definition) is 5. The molecule has 0 bridgehead atoms. The van der Waals surface area contributed by atoms with Gasteiger partial charge in [0.1, 0.15) is 0 Å². The Morgan fingerprint density at radius 3 is 2.40 bits per heavy atom. The Hall–Kier alpha value is -3.43. The Morgan fingerprint density at radius 1 is 1.10 bits per heavy atom. The summed E-state index contributed by atoms with van der Waals surface area (Å²) in [6, 6.07) is 17.8. The zero-order valence-corrected chi connectivity index (χ0v) is 17.1. The number of nitrogens with zero attached hydrogens (tertiary/aromatic N) is 4. The highest BCUT2D eigenvalue weighted by Gasteiger charge is 2.22. The first-order chi connectivity index (χ1) is 14.5. The summed E-state index contributed by atoms with van der Waals surface area (Å²) >= 11 is 0. The first kappa shape index (κ1) is 19.9. The van der Waals surface area contributed by atoms with Crippen LogP contribution in [0.1, 0.15) is 29.5 Å². The van der Waals surface area contributed by atoms with Crippen LogP contribution in [0.2, 0.25) is 0 Å². The predicted molar refractivity (Wildman–Crippen MR) is 118 cm³/mol. The van der Waals surface area contributed by atoms with Crippen molar-refractivity contribution >= 4 is 5.82 Å². The lowest BCUT2D eigenvalue weighted by atomic mass is 10.1. The summed E-state index contributed by atoms with van der Waals surface area (Å²) < 4.78 is 1.73. The largest absolute Gasteiger partial charge is 0.352 e. The van der Waals surface area contributed by atoms with E-state index in [-0.39, 0.29) is 11.6 Å². The topological polar surface area (TPSA) is 87.9 Å². The van der Waals surface area contributed by atoms with Gasteiger partial charge < -0.3 is 15.2 Å². The fraction of sp³-hybridized carbons (Fsp3) is 0.292. The highest BCUT2D eigenvalue weighted by Crippen LogP contribution is 2.21. The van der Waals surface area contributed by atoms with E-state index in [1.54, 1.807) is 16.7 Å². The Morgan fingerprint density at radius 2 is 1.77 bits per heavy atom. The number of nitriles is 1. The van der Waals surface area contributed by atoms with Crippen molar-refractivity contribution in [1.29, 1.82) is 5.26 Å². The molecule has 3 aromatic rings. The van der Waals surface area contributed by atoms with Crippen molar-refractivity contribution in [3.8, 4) is 17.3 Å². The van der Waals surface area contributed by atoms with Gasteiger partial charge in [-0.05, 0) is 37.5 Å². The highest BCUT2D eigenvalue weighted by atomic mass is 16.1. The summed E-state index contributed by atoms with van der Waals surface area (Å²) in [4.78, 5) is 20.1. The standard InChI is InChI=1S/C24H25N5O/c1-17-2-4-19(5-3-17)15-29-16-22(20-8-6-18(14-25)7-9-20)27-23(24(29)30)28-12-10-21(26)11-13-28/h2-9,16,21H,10-13,15,26H2,1H3. The summed E-state index contributed by atoms with van der Waals surface area (Å²) in [7, 11) is 0. The number of nitrogens with two attached hydrogens (primary N) is 1. The molecule has 0 saturated carbocycles. The second-order valence-electron chi connectivity index (χ2n) is 7.88. The summed E-state index contributed by atoms with van der Waals surface area (Å²) in [5, 5.41) is 9.07. The lowest BCUT2D eigenvalue weighted by Crippen LogP contribution is -2.43. The van der Waals surface area contributed by atoms with Gasteiger partial charge in [-0.25, -0.2) is 4.98 Å². The van der Waals surface area contributed by atoms with Crippen molar-refractivity contribution in [2.45, 2.75) is 32.4 Å². The molecule has 2 N–H and O–H groups in total. The van der Waals surface area contributed by atoms with E-state index in [0.29, 0.717) is 17.9 Å². The Balaban J connectivity index is 1.77. The smallest absolute Gasteiger partial charge is 0.293 e. The van der Waals surface area contributed by atoms with Gasteiger partial charge in [-0.2, -0.15) is 5.26 Å². The SMILES string of the molecule is Cc1ccc(Cn2cc(-c3ccc(C#N)cc3)nc(N3CCC(N)CC3)c2=O)cc1. The quantitative estimate of drug-likeness (QED) is 0.728. The maximum atomic E-state index is 13.3. The van der Waals surface area contributed by atoms with Gasteiger partial charge >= 0.3 is 0 Å². The maximum Gasteiger partial charge on any atom is 0.293 e. The minimum absolute atomic E-state index is 0.0940. The molecule has 2 aromatic carbocycles. The van der Waals surface area contributed by atoms with E-state index in [1.807, 2.05) is 42.3 Å². The normalized spacial score (nSPS) is 14.5. The number of hydrogen-bond donors (Lipinski definition) is 1. The molecule has 1 aromatic heterocycles. The number of anilines is 1. The average molecular weight is 399 g/mol. The van der Waals surface area contributed by atoms with Gasteiger partial charge in [-0.3, -0.25) is 4.79 Å². The number of piperidine rings is 1. The van der Waals surface area contributed by atoms with Crippen LogP contribution < -0.4 is 16.2 Å². The molecule has 2 heterocycles. The van der Waals surface area contributed by atoms with Crippen LogP contribution in [-0.4, -0.2) is 28.7 Å². The summed E-state index contributed by atoms with van der Waals surface area (Å²) in [6.07, 6.45) is 3.50. The third kappa shape index (κ3) is 4.27. The molecule has 6 heteroatoms. The second kappa shape index (κ2) is 8.52. The van der Waals surface area contributed by atoms with Gasteiger partial charge in [0.05, 0.1) is 23.9 Å². The molecule has 0 spiro atoms. The molecule has 1 aliphatic rings. The van der Waals surface area contributed by atoms with E-state index in [2.05, 4.69) is 18.2 Å². The van der Waals surface area contributed by atoms with Gasteiger partial charge in [0, 0.05) is 30.9 Å². The van der Waals surface area contributed by atoms with Crippen molar-refractivity contribution in [3.05, 3.63) is 81.8 Å². The molecule has 0 aliphatic carbocycles. The average Bonchev–Trinajstić information content (AvgIpc) is 2.77. The zero-order valence-electron chi connectivity index (χ0n) is 17.1. The molecular formula is C24H25N5O. The third-order valence-electron chi connectivity index (χ3n) is 5.58.